The monoisotopic (exact) mass is 485 g/mol. The van der Waals surface area contributed by atoms with E-state index in [1.807, 2.05) is 37.3 Å². The normalized spacial score (nSPS) is 18.1. The number of carbonyl (C=O) groups excluding carboxylic acids is 3. The lowest BCUT2D eigenvalue weighted by Crippen LogP contribution is -2.55. The molecule has 1 N–H and O–H groups in total. The summed E-state index contributed by atoms with van der Waals surface area (Å²) < 4.78 is 18.4. The second kappa shape index (κ2) is 11.9. The summed E-state index contributed by atoms with van der Waals surface area (Å²) in [6, 6.07) is 8.20. The van der Waals surface area contributed by atoms with E-state index in [1.165, 1.54) is 0 Å². The average Bonchev–Trinajstić information content (AvgIpc) is 3.32. The molecule has 0 saturated heterocycles. The van der Waals surface area contributed by atoms with Crippen LogP contribution in [-0.4, -0.2) is 53.3 Å². The molecule has 2 atom stereocenters. The molecule has 0 bridgehead atoms. The van der Waals surface area contributed by atoms with Gasteiger partial charge in [0.2, 0.25) is 5.60 Å². The SMILES string of the molecule is CCCCCOC(=O)C[C@H](NC(=O)C1(C(C)C)CC(c2nccc3ccccc23)=NO1)C(=O)CF. The van der Waals surface area contributed by atoms with Crippen molar-refractivity contribution in [2.24, 2.45) is 11.1 Å². The smallest absolute Gasteiger partial charge is 0.308 e. The molecule has 1 aliphatic heterocycles. The van der Waals surface area contributed by atoms with Crippen molar-refractivity contribution in [1.82, 2.24) is 10.3 Å². The Morgan fingerprint density at radius 3 is 2.69 bits per heavy atom. The van der Waals surface area contributed by atoms with E-state index in [4.69, 9.17) is 9.57 Å². The van der Waals surface area contributed by atoms with Gasteiger partial charge in [-0.1, -0.05) is 63.0 Å². The minimum absolute atomic E-state index is 0.107. The van der Waals surface area contributed by atoms with Crippen LogP contribution in [0, 0.1) is 5.92 Å². The molecule has 2 heterocycles. The third kappa shape index (κ3) is 6.01. The maximum Gasteiger partial charge on any atom is 0.308 e. The number of nitrogens with one attached hydrogen (secondary N) is 1. The number of carbonyl (C=O) groups is 3. The van der Waals surface area contributed by atoms with Crippen LogP contribution in [0.4, 0.5) is 4.39 Å². The number of unbranched alkanes of at least 4 members (excludes halogenated alkanes) is 2. The number of aromatic nitrogens is 1. The van der Waals surface area contributed by atoms with Gasteiger partial charge < -0.3 is 14.9 Å². The first-order valence-corrected chi connectivity index (χ1v) is 12.0. The minimum atomic E-state index is -1.44. The van der Waals surface area contributed by atoms with Gasteiger partial charge in [0.05, 0.1) is 18.7 Å². The summed E-state index contributed by atoms with van der Waals surface area (Å²) in [5.74, 6) is -2.56. The van der Waals surface area contributed by atoms with Crippen molar-refractivity contribution >= 4 is 34.1 Å². The molecule has 0 saturated carbocycles. The van der Waals surface area contributed by atoms with Gasteiger partial charge in [-0.3, -0.25) is 19.4 Å². The molecule has 0 radical (unpaired) electrons. The van der Waals surface area contributed by atoms with Crippen molar-refractivity contribution in [1.29, 1.82) is 0 Å². The molecule has 1 unspecified atom stereocenters. The number of ether oxygens (including phenoxy) is 1. The number of nitrogens with zero attached hydrogens (tertiary/aromatic N) is 2. The Kier molecular flexibility index (Phi) is 8.89. The van der Waals surface area contributed by atoms with E-state index in [2.05, 4.69) is 15.5 Å². The van der Waals surface area contributed by atoms with Crippen LogP contribution in [0.5, 0.6) is 0 Å². The zero-order valence-electron chi connectivity index (χ0n) is 20.4. The first kappa shape index (κ1) is 26.2. The number of halogens is 1. The Morgan fingerprint density at radius 2 is 1.97 bits per heavy atom. The van der Waals surface area contributed by atoms with Gasteiger partial charge in [-0.05, 0) is 17.9 Å². The third-order valence-electron chi connectivity index (χ3n) is 6.22. The van der Waals surface area contributed by atoms with E-state index in [0.29, 0.717) is 17.8 Å². The lowest BCUT2D eigenvalue weighted by atomic mass is 9.83. The maximum atomic E-state index is 13.4. The highest BCUT2D eigenvalue weighted by Gasteiger charge is 2.51. The molecule has 3 rings (SSSR count). The topological polar surface area (TPSA) is 107 Å². The number of Topliss-reactive ketones (excluding diaryl/α,β-unsaturated/α-hetero) is 1. The standard InChI is InChI=1S/C26H32FN3O5/c1-4-5-8-13-34-23(32)14-20(22(31)16-27)29-25(33)26(17(2)3)15-21(30-35-26)24-19-10-7-6-9-18(19)11-12-28-24/h6-7,9-12,17,20H,4-5,8,13-16H2,1-3H3,(H,29,33)/t20-,26?/m0/s1. The van der Waals surface area contributed by atoms with Gasteiger partial charge in [-0.15, -0.1) is 0 Å². The molecular formula is C26H32FN3O5. The Morgan fingerprint density at radius 1 is 1.20 bits per heavy atom. The maximum absolute atomic E-state index is 13.4. The molecule has 1 aliphatic rings. The van der Waals surface area contributed by atoms with Crippen LogP contribution < -0.4 is 5.32 Å². The number of pyridine rings is 1. The number of fused-ring (bicyclic) bond motifs is 1. The first-order chi connectivity index (χ1) is 16.8. The molecule has 0 fully saturated rings. The van der Waals surface area contributed by atoms with Crippen molar-refractivity contribution in [3.8, 4) is 0 Å². The second-order valence-corrected chi connectivity index (χ2v) is 8.99. The lowest BCUT2D eigenvalue weighted by Gasteiger charge is -2.30. The predicted octanol–water partition coefficient (Wildman–Crippen LogP) is 3.90. The van der Waals surface area contributed by atoms with Gasteiger partial charge in [0, 0.05) is 23.9 Å². The van der Waals surface area contributed by atoms with Crippen LogP contribution in [0.15, 0.2) is 41.7 Å². The van der Waals surface area contributed by atoms with Crippen molar-refractivity contribution in [2.45, 2.75) is 64.5 Å². The molecule has 2 aromatic rings. The van der Waals surface area contributed by atoms with Crippen LogP contribution >= 0.6 is 0 Å². The number of rotatable bonds is 12. The van der Waals surface area contributed by atoms with Crippen LogP contribution in [0.3, 0.4) is 0 Å². The van der Waals surface area contributed by atoms with E-state index in [-0.39, 0.29) is 18.9 Å². The highest BCUT2D eigenvalue weighted by atomic mass is 19.1. The predicted molar refractivity (Wildman–Crippen MR) is 130 cm³/mol. The minimum Gasteiger partial charge on any atom is -0.466 e. The number of alkyl halides is 1. The largest absolute Gasteiger partial charge is 0.466 e. The Hall–Kier alpha value is -3.36. The average molecular weight is 486 g/mol. The molecule has 1 aromatic heterocycles. The number of hydrogen-bond donors (Lipinski definition) is 1. The molecular weight excluding hydrogens is 453 g/mol. The Balaban J connectivity index is 1.76. The van der Waals surface area contributed by atoms with Gasteiger partial charge >= 0.3 is 5.97 Å². The molecule has 188 valence electrons. The van der Waals surface area contributed by atoms with E-state index in [1.54, 1.807) is 20.0 Å². The number of hydrogen-bond acceptors (Lipinski definition) is 7. The summed E-state index contributed by atoms with van der Waals surface area (Å²) in [6.07, 6.45) is 3.88. The molecule has 0 spiro atoms. The summed E-state index contributed by atoms with van der Waals surface area (Å²) in [5.41, 5.74) is -0.340. The van der Waals surface area contributed by atoms with E-state index >= 15 is 0 Å². The van der Waals surface area contributed by atoms with Crippen LogP contribution in [0.25, 0.3) is 10.8 Å². The fourth-order valence-electron chi connectivity index (χ4n) is 4.00. The number of ketones is 1. The summed E-state index contributed by atoms with van der Waals surface area (Å²) in [6.45, 7) is 4.51. The summed E-state index contributed by atoms with van der Waals surface area (Å²) in [7, 11) is 0. The summed E-state index contributed by atoms with van der Waals surface area (Å²) in [4.78, 5) is 48.0. The van der Waals surface area contributed by atoms with Crippen LogP contribution in [0.1, 0.15) is 58.6 Å². The van der Waals surface area contributed by atoms with Crippen molar-refractivity contribution < 1.29 is 28.3 Å². The number of amides is 1. The third-order valence-corrected chi connectivity index (χ3v) is 6.22. The number of esters is 1. The molecule has 0 aliphatic carbocycles. The van der Waals surface area contributed by atoms with Gasteiger partial charge in [0.15, 0.2) is 5.78 Å². The fraction of sp³-hybridized carbons (Fsp3) is 0.500. The van der Waals surface area contributed by atoms with E-state index in [0.717, 1.165) is 23.6 Å². The van der Waals surface area contributed by atoms with Crippen molar-refractivity contribution in [2.75, 3.05) is 13.3 Å². The number of oxime groups is 1. The second-order valence-electron chi connectivity index (χ2n) is 8.99. The lowest BCUT2D eigenvalue weighted by molar-refractivity contribution is -0.153. The van der Waals surface area contributed by atoms with Gasteiger partial charge in [0.25, 0.3) is 5.91 Å². The quantitative estimate of drug-likeness (QED) is 0.361. The van der Waals surface area contributed by atoms with Crippen LogP contribution in [-0.2, 0) is 24.0 Å². The highest BCUT2D eigenvalue weighted by Crippen LogP contribution is 2.35. The fourth-order valence-corrected chi connectivity index (χ4v) is 4.00. The zero-order valence-corrected chi connectivity index (χ0v) is 20.4. The van der Waals surface area contributed by atoms with E-state index < -0.39 is 42.4 Å². The van der Waals surface area contributed by atoms with Crippen molar-refractivity contribution in [3.05, 3.63) is 42.2 Å². The van der Waals surface area contributed by atoms with Gasteiger partial charge in [0.1, 0.15) is 18.4 Å². The Labute approximate surface area is 204 Å². The molecule has 9 heteroatoms. The molecule has 8 nitrogen and oxygen atoms in total. The highest BCUT2D eigenvalue weighted by molar-refractivity contribution is 6.12. The van der Waals surface area contributed by atoms with Crippen molar-refractivity contribution in [3.63, 3.8) is 0 Å². The Bertz CT molecular complexity index is 1100. The first-order valence-electron chi connectivity index (χ1n) is 12.0. The van der Waals surface area contributed by atoms with E-state index in [9.17, 15) is 18.8 Å². The molecule has 1 amide bonds. The molecule has 1 aromatic carbocycles. The summed E-state index contributed by atoms with van der Waals surface area (Å²) in [5, 5.41) is 8.55. The summed E-state index contributed by atoms with van der Waals surface area (Å²) >= 11 is 0. The van der Waals surface area contributed by atoms with Gasteiger partial charge in [-0.2, -0.15) is 0 Å². The molecule has 35 heavy (non-hydrogen) atoms. The zero-order chi connectivity index (χ0) is 25.4. The van der Waals surface area contributed by atoms with Gasteiger partial charge in [-0.25, -0.2) is 4.39 Å². The number of benzene rings is 1. The van der Waals surface area contributed by atoms with Crippen LogP contribution in [0.2, 0.25) is 0 Å².